The maximum atomic E-state index is 11.9. The summed E-state index contributed by atoms with van der Waals surface area (Å²) in [5.74, 6) is 0.380. The van der Waals surface area contributed by atoms with Crippen LogP contribution in [0.15, 0.2) is 29.2 Å². The molecule has 9 nitrogen and oxygen atoms in total. The van der Waals surface area contributed by atoms with E-state index in [0.29, 0.717) is 0 Å². The van der Waals surface area contributed by atoms with Gasteiger partial charge in [-0.25, -0.2) is 18.0 Å². The maximum Gasteiger partial charge on any atom is 0.338 e. The number of carbonyl (C=O) groups excluding carboxylic acids is 3. The zero-order valence-corrected chi connectivity index (χ0v) is 13.4. The lowest BCUT2D eigenvalue weighted by molar-refractivity contribution is -0.127. The number of esters is 1. The molecule has 0 aromatic heterocycles. The normalized spacial score (nSPS) is 11.8. The molecule has 1 aromatic carbocycles. The summed E-state index contributed by atoms with van der Waals surface area (Å²) in [6.45, 7) is 1.08. The Labute approximate surface area is 138 Å². The molecule has 128 valence electrons. The Morgan fingerprint density at radius 2 is 1.88 bits per heavy atom. The molecular formula is C14H15N3O6S. The second-order valence-corrected chi connectivity index (χ2v) is 6.22. The van der Waals surface area contributed by atoms with Gasteiger partial charge in [-0.3, -0.25) is 10.1 Å². The van der Waals surface area contributed by atoms with Crippen molar-refractivity contribution in [2.45, 2.75) is 17.9 Å². The minimum atomic E-state index is -3.77. The summed E-state index contributed by atoms with van der Waals surface area (Å²) in [4.78, 5) is 33.7. The smallest absolute Gasteiger partial charge is 0.338 e. The van der Waals surface area contributed by atoms with Gasteiger partial charge in [0.05, 0.1) is 17.0 Å². The van der Waals surface area contributed by atoms with Gasteiger partial charge in [-0.15, -0.1) is 6.42 Å². The van der Waals surface area contributed by atoms with Crippen molar-refractivity contribution in [3.05, 3.63) is 29.8 Å². The molecule has 0 fully saturated rings. The second kappa shape index (κ2) is 8.09. The fourth-order valence-corrected chi connectivity index (χ4v) is 2.43. The molecule has 1 unspecified atom stereocenters. The monoisotopic (exact) mass is 353 g/mol. The van der Waals surface area contributed by atoms with Crippen LogP contribution in [0.3, 0.4) is 0 Å². The van der Waals surface area contributed by atoms with Gasteiger partial charge in [-0.1, -0.05) is 5.92 Å². The number of carbonyl (C=O) groups is 3. The van der Waals surface area contributed by atoms with Crippen molar-refractivity contribution in [1.82, 2.24) is 10.0 Å². The van der Waals surface area contributed by atoms with Crippen LogP contribution in [0.2, 0.25) is 0 Å². The van der Waals surface area contributed by atoms with Gasteiger partial charge in [0.25, 0.3) is 5.91 Å². The molecule has 24 heavy (non-hydrogen) atoms. The van der Waals surface area contributed by atoms with E-state index in [1.54, 1.807) is 5.32 Å². The molecule has 0 bridgehead atoms. The first-order valence-corrected chi connectivity index (χ1v) is 8.00. The van der Waals surface area contributed by atoms with Crippen molar-refractivity contribution in [2.24, 2.45) is 5.73 Å². The molecule has 10 heteroatoms. The minimum Gasteiger partial charge on any atom is -0.449 e. The number of nitrogens with two attached hydrogens (primary N) is 1. The predicted molar refractivity (Wildman–Crippen MR) is 83.1 cm³/mol. The average molecular weight is 353 g/mol. The highest BCUT2D eigenvalue weighted by atomic mass is 32.2. The van der Waals surface area contributed by atoms with Gasteiger partial charge in [-0.05, 0) is 31.2 Å². The van der Waals surface area contributed by atoms with Crippen LogP contribution in [0.5, 0.6) is 0 Å². The Kier molecular flexibility index (Phi) is 6.46. The fourth-order valence-electron chi connectivity index (χ4n) is 1.50. The predicted octanol–water partition coefficient (Wildman–Crippen LogP) is -0.662. The Hall–Kier alpha value is -2.90. The van der Waals surface area contributed by atoms with Crippen molar-refractivity contribution in [2.75, 3.05) is 6.54 Å². The number of terminal acetylenes is 1. The zero-order chi connectivity index (χ0) is 18.3. The number of imide groups is 1. The van der Waals surface area contributed by atoms with Crippen molar-refractivity contribution >= 4 is 27.9 Å². The van der Waals surface area contributed by atoms with E-state index < -0.39 is 34.0 Å². The van der Waals surface area contributed by atoms with Crippen LogP contribution in [0.25, 0.3) is 0 Å². The zero-order valence-electron chi connectivity index (χ0n) is 12.6. The van der Waals surface area contributed by atoms with Gasteiger partial charge in [-0.2, -0.15) is 4.72 Å². The molecule has 0 saturated heterocycles. The number of rotatable bonds is 6. The molecule has 0 aliphatic rings. The van der Waals surface area contributed by atoms with Crippen LogP contribution in [0.4, 0.5) is 4.79 Å². The molecule has 0 heterocycles. The van der Waals surface area contributed by atoms with Crippen molar-refractivity contribution in [3.63, 3.8) is 0 Å². The molecule has 1 aromatic rings. The van der Waals surface area contributed by atoms with Crippen LogP contribution in [-0.4, -0.2) is 39.0 Å². The number of benzene rings is 1. The largest absolute Gasteiger partial charge is 0.449 e. The van der Waals surface area contributed by atoms with Crippen LogP contribution in [0.1, 0.15) is 17.3 Å². The SMILES string of the molecule is C#CCNS(=O)(=O)c1ccc(C(=O)OC(C)C(=O)NC(N)=O)cc1. The Balaban J connectivity index is 2.79. The van der Waals surface area contributed by atoms with E-state index in [2.05, 4.69) is 10.6 Å². The van der Waals surface area contributed by atoms with Crippen molar-refractivity contribution in [1.29, 1.82) is 0 Å². The van der Waals surface area contributed by atoms with Gasteiger partial charge >= 0.3 is 12.0 Å². The molecule has 3 amide bonds. The summed E-state index contributed by atoms with van der Waals surface area (Å²) in [5, 5.41) is 1.77. The summed E-state index contributed by atoms with van der Waals surface area (Å²) >= 11 is 0. The molecule has 0 aliphatic heterocycles. The fraction of sp³-hybridized carbons (Fsp3) is 0.214. The number of sulfonamides is 1. The standard InChI is InChI=1S/C14H15N3O6S/c1-3-8-16-24(21,22)11-6-4-10(5-7-11)13(19)23-9(2)12(18)17-14(15)20/h1,4-7,9,16H,8H2,2H3,(H3,15,17,18,20). The maximum absolute atomic E-state index is 11.9. The Bertz CT molecular complexity index is 780. The quantitative estimate of drug-likeness (QED) is 0.457. The molecule has 0 radical (unpaired) electrons. The lowest BCUT2D eigenvalue weighted by Gasteiger charge is -2.12. The summed E-state index contributed by atoms with van der Waals surface area (Å²) in [5.41, 5.74) is 4.80. The van der Waals surface area contributed by atoms with E-state index in [1.807, 2.05) is 0 Å². The number of hydrogen-bond donors (Lipinski definition) is 3. The summed E-state index contributed by atoms with van der Waals surface area (Å²) < 4.78 is 30.6. The van der Waals surface area contributed by atoms with E-state index in [-0.39, 0.29) is 17.0 Å². The summed E-state index contributed by atoms with van der Waals surface area (Å²) in [6.07, 6.45) is 3.72. The molecule has 1 atom stereocenters. The van der Waals surface area contributed by atoms with E-state index >= 15 is 0 Å². The molecule has 4 N–H and O–H groups in total. The van der Waals surface area contributed by atoms with Crippen molar-refractivity contribution < 1.29 is 27.5 Å². The number of amides is 3. The molecule has 1 rings (SSSR count). The third kappa shape index (κ3) is 5.38. The number of nitrogens with one attached hydrogen (secondary N) is 2. The van der Waals surface area contributed by atoms with Gasteiger partial charge in [0, 0.05) is 0 Å². The number of hydrogen-bond acceptors (Lipinski definition) is 6. The van der Waals surface area contributed by atoms with Gasteiger partial charge in [0.15, 0.2) is 6.10 Å². The first-order chi connectivity index (χ1) is 11.2. The van der Waals surface area contributed by atoms with E-state index in [9.17, 15) is 22.8 Å². The van der Waals surface area contributed by atoms with Crippen LogP contribution in [0, 0.1) is 12.3 Å². The summed E-state index contributed by atoms with van der Waals surface area (Å²) in [6, 6.07) is 3.72. The van der Waals surface area contributed by atoms with Crippen LogP contribution >= 0.6 is 0 Å². The van der Waals surface area contributed by atoms with Gasteiger partial charge in [0.2, 0.25) is 10.0 Å². The number of ether oxygens (including phenoxy) is 1. The van der Waals surface area contributed by atoms with E-state index in [1.165, 1.54) is 31.2 Å². The highest BCUT2D eigenvalue weighted by Crippen LogP contribution is 2.12. The third-order valence-electron chi connectivity index (χ3n) is 2.66. The highest BCUT2D eigenvalue weighted by Gasteiger charge is 2.20. The lowest BCUT2D eigenvalue weighted by Crippen LogP contribution is -2.42. The molecule has 0 spiro atoms. The number of primary amides is 1. The van der Waals surface area contributed by atoms with Crippen LogP contribution < -0.4 is 15.8 Å². The third-order valence-corrected chi connectivity index (χ3v) is 4.08. The highest BCUT2D eigenvalue weighted by molar-refractivity contribution is 7.89. The molecule has 0 aliphatic carbocycles. The van der Waals surface area contributed by atoms with Crippen LogP contribution in [-0.2, 0) is 19.6 Å². The second-order valence-electron chi connectivity index (χ2n) is 4.45. The molecular weight excluding hydrogens is 338 g/mol. The number of urea groups is 1. The lowest BCUT2D eigenvalue weighted by atomic mass is 10.2. The topological polar surface area (TPSA) is 145 Å². The average Bonchev–Trinajstić information content (AvgIpc) is 2.52. The molecule has 0 saturated carbocycles. The first-order valence-electron chi connectivity index (χ1n) is 6.52. The minimum absolute atomic E-state index is 0.0182. The summed E-state index contributed by atoms with van der Waals surface area (Å²) in [7, 11) is -3.77. The first kappa shape index (κ1) is 19.1. The van der Waals surface area contributed by atoms with E-state index in [0.717, 1.165) is 0 Å². The van der Waals surface area contributed by atoms with E-state index in [4.69, 9.17) is 16.9 Å². The van der Waals surface area contributed by atoms with Crippen molar-refractivity contribution in [3.8, 4) is 12.3 Å². The van der Waals surface area contributed by atoms with Gasteiger partial charge in [0.1, 0.15) is 0 Å². The van der Waals surface area contributed by atoms with Gasteiger partial charge < -0.3 is 10.5 Å². The Morgan fingerprint density at radius 3 is 2.38 bits per heavy atom. The Morgan fingerprint density at radius 1 is 1.29 bits per heavy atom.